The number of hydrogen-bond donors (Lipinski definition) is 1. The number of carbonyl (C=O) groups is 4. The van der Waals surface area contributed by atoms with Crippen molar-refractivity contribution in [2.24, 2.45) is 13.0 Å². The summed E-state index contributed by atoms with van der Waals surface area (Å²) >= 11 is 0. The largest absolute Gasteiger partial charge is 0.484 e. The Morgan fingerprint density at radius 1 is 1.04 bits per heavy atom. The zero-order valence-electron chi connectivity index (χ0n) is 25.4. The maximum atomic E-state index is 13.0. The van der Waals surface area contributed by atoms with Gasteiger partial charge in [-0.2, -0.15) is 0 Å². The minimum Gasteiger partial charge on any atom is -0.484 e. The molecule has 2 saturated heterocycles. The van der Waals surface area contributed by atoms with Crippen LogP contribution in [0.1, 0.15) is 83.0 Å². The number of esters is 2. The van der Waals surface area contributed by atoms with E-state index in [1.54, 1.807) is 36.2 Å². The predicted molar refractivity (Wildman–Crippen MR) is 160 cm³/mol. The van der Waals surface area contributed by atoms with Crippen LogP contribution in [0, 0.1) is 5.92 Å². The first-order valence-corrected chi connectivity index (χ1v) is 15.4. The molecule has 1 saturated carbocycles. The highest BCUT2D eigenvalue weighted by Crippen LogP contribution is 2.40. The SMILES string of the molecule is CC(NC(=O)c1cnnn1C)C(Oc1ccc(C(=O)O[C@H]2CCCN(C(=O)[C@H]3COC(=O)C3)C2)cc1)c1ccc(C2CC2)cc1. The van der Waals surface area contributed by atoms with Crippen LogP contribution in [0.25, 0.3) is 0 Å². The number of rotatable bonds is 10. The maximum Gasteiger partial charge on any atom is 0.338 e. The van der Waals surface area contributed by atoms with Crippen molar-refractivity contribution in [3.8, 4) is 5.75 Å². The van der Waals surface area contributed by atoms with Gasteiger partial charge in [-0.05, 0) is 73.9 Å². The molecule has 0 spiro atoms. The minimum absolute atomic E-state index is 0.0911. The monoisotopic (exact) mass is 615 g/mol. The van der Waals surface area contributed by atoms with Crippen molar-refractivity contribution in [1.29, 1.82) is 0 Å². The van der Waals surface area contributed by atoms with Gasteiger partial charge in [-0.3, -0.25) is 14.4 Å². The molecule has 6 rings (SSSR count). The highest BCUT2D eigenvalue weighted by Gasteiger charge is 2.36. The lowest BCUT2D eigenvalue weighted by molar-refractivity contribution is -0.139. The van der Waals surface area contributed by atoms with E-state index in [4.69, 9.17) is 14.2 Å². The molecule has 1 N–H and O–H groups in total. The second-order valence-corrected chi connectivity index (χ2v) is 12.0. The zero-order valence-corrected chi connectivity index (χ0v) is 25.4. The first-order chi connectivity index (χ1) is 21.7. The molecule has 0 radical (unpaired) electrons. The van der Waals surface area contributed by atoms with Crippen molar-refractivity contribution >= 4 is 23.8 Å². The number of ether oxygens (including phenoxy) is 3. The lowest BCUT2D eigenvalue weighted by Crippen LogP contribution is -2.46. The molecule has 1 aromatic heterocycles. The fraction of sp³-hybridized carbons (Fsp3) is 0.455. The van der Waals surface area contributed by atoms with Crippen molar-refractivity contribution in [2.75, 3.05) is 19.7 Å². The van der Waals surface area contributed by atoms with Gasteiger partial charge in [-0.25, -0.2) is 9.48 Å². The van der Waals surface area contributed by atoms with Gasteiger partial charge in [0.2, 0.25) is 5.91 Å². The molecular weight excluding hydrogens is 578 g/mol. The van der Waals surface area contributed by atoms with Crippen molar-refractivity contribution in [3.63, 3.8) is 0 Å². The van der Waals surface area contributed by atoms with E-state index in [0.717, 1.165) is 5.56 Å². The van der Waals surface area contributed by atoms with Gasteiger partial charge in [0, 0.05) is 13.6 Å². The minimum atomic E-state index is -0.521. The Balaban J connectivity index is 1.10. The number of aryl methyl sites for hydroxylation is 1. The first kappa shape index (κ1) is 30.3. The number of likely N-dealkylation sites (tertiary alicyclic amines) is 1. The van der Waals surface area contributed by atoms with Gasteiger partial charge in [0.25, 0.3) is 5.91 Å². The Labute approximate surface area is 261 Å². The van der Waals surface area contributed by atoms with Gasteiger partial charge in [0.1, 0.15) is 30.3 Å². The molecule has 2 aromatic carbocycles. The number of benzene rings is 2. The van der Waals surface area contributed by atoms with Crippen LogP contribution in [0.3, 0.4) is 0 Å². The van der Waals surface area contributed by atoms with Gasteiger partial charge in [0.05, 0.1) is 36.7 Å². The average Bonchev–Trinajstić information content (AvgIpc) is 3.66. The molecule has 12 heteroatoms. The molecule has 2 amide bonds. The van der Waals surface area contributed by atoms with Gasteiger partial charge in [-0.1, -0.05) is 29.5 Å². The summed E-state index contributed by atoms with van der Waals surface area (Å²) in [5.41, 5.74) is 2.89. The fourth-order valence-electron chi connectivity index (χ4n) is 5.88. The molecular formula is C33H37N5O7. The molecule has 0 bridgehead atoms. The van der Waals surface area contributed by atoms with Gasteiger partial charge in [-0.15, -0.1) is 5.10 Å². The van der Waals surface area contributed by atoms with E-state index in [2.05, 4.69) is 27.8 Å². The summed E-state index contributed by atoms with van der Waals surface area (Å²) in [5.74, 6) is -0.633. The lowest BCUT2D eigenvalue weighted by atomic mass is 10.00. The zero-order chi connectivity index (χ0) is 31.5. The van der Waals surface area contributed by atoms with E-state index < -0.39 is 30.1 Å². The predicted octanol–water partition coefficient (Wildman–Crippen LogP) is 3.34. The number of piperidine rings is 1. The second-order valence-electron chi connectivity index (χ2n) is 12.0. The fourth-order valence-corrected chi connectivity index (χ4v) is 5.88. The summed E-state index contributed by atoms with van der Waals surface area (Å²) in [6.45, 7) is 2.83. The van der Waals surface area contributed by atoms with Crippen molar-refractivity contribution in [3.05, 3.63) is 77.1 Å². The Bertz CT molecular complexity index is 1550. The van der Waals surface area contributed by atoms with Crippen LogP contribution < -0.4 is 10.1 Å². The van der Waals surface area contributed by atoms with Crippen LogP contribution in [-0.4, -0.2) is 75.5 Å². The molecule has 2 aliphatic heterocycles. The Hall–Kier alpha value is -4.74. The van der Waals surface area contributed by atoms with Crippen LogP contribution in [-0.2, 0) is 26.1 Å². The van der Waals surface area contributed by atoms with E-state index >= 15 is 0 Å². The normalized spacial score (nSPS) is 21.0. The number of carbonyl (C=O) groups excluding carboxylic acids is 4. The second kappa shape index (κ2) is 13.1. The van der Waals surface area contributed by atoms with Crippen LogP contribution in [0.5, 0.6) is 5.75 Å². The molecule has 1 aliphatic carbocycles. The highest BCUT2D eigenvalue weighted by atomic mass is 16.5. The molecule has 2 unspecified atom stereocenters. The summed E-state index contributed by atoms with van der Waals surface area (Å²) in [6.07, 6.45) is 4.30. The molecule has 12 nitrogen and oxygen atoms in total. The van der Waals surface area contributed by atoms with E-state index in [9.17, 15) is 19.2 Å². The Morgan fingerprint density at radius 2 is 1.80 bits per heavy atom. The molecule has 3 heterocycles. The lowest BCUT2D eigenvalue weighted by Gasteiger charge is -2.33. The van der Waals surface area contributed by atoms with Gasteiger partial charge < -0.3 is 24.4 Å². The first-order valence-electron chi connectivity index (χ1n) is 15.4. The Kier molecular flexibility index (Phi) is 8.81. The summed E-state index contributed by atoms with van der Waals surface area (Å²) in [6, 6.07) is 14.6. The quantitative estimate of drug-likeness (QED) is 0.340. The van der Waals surface area contributed by atoms with Crippen LogP contribution in [0.2, 0.25) is 0 Å². The summed E-state index contributed by atoms with van der Waals surface area (Å²) < 4.78 is 18.5. The maximum absolute atomic E-state index is 13.0. The van der Waals surface area contributed by atoms with Crippen LogP contribution in [0.4, 0.5) is 0 Å². The summed E-state index contributed by atoms with van der Waals surface area (Å²) in [7, 11) is 1.66. The van der Waals surface area contributed by atoms with E-state index in [0.29, 0.717) is 42.3 Å². The topological polar surface area (TPSA) is 142 Å². The van der Waals surface area contributed by atoms with Crippen LogP contribution in [0.15, 0.2) is 54.7 Å². The standard InChI is InChI=1S/C33H37N5O7/c1-20(35-31(40)28-17-34-36-37(28)2)30(23-9-7-22(8-10-23)21-5-6-21)44-26-13-11-24(12-14-26)33(42)45-27-4-3-15-38(18-27)32(41)25-16-29(39)43-19-25/h7-14,17,20-21,25,27,30H,3-6,15-16,18-19H2,1-2H3,(H,35,40)/t20?,25-,27+,30?/m1/s1. The number of amides is 2. The molecule has 3 aliphatic rings. The molecule has 236 valence electrons. The van der Waals surface area contributed by atoms with Crippen molar-refractivity contribution < 1.29 is 33.4 Å². The summed E-state index contributed by atoms with van der Waals surface area (Å²) in [5, 5.41) is 10.6. The number of nitrogens with one attached hydrogen (secondary N) is 1. The average molecular weight is 616 g/mol. The third kappa shape index (κ3) is 7.16. The number of aromatic nitrogens is 3. The van der Waals surface area contributed by atoms with E-state index in [1.165, 1.54) is 29.3 Å². The van der Waals surface area contributed by atoms with Crippen LogP contribution >= 0.6 is 0 Å². The number of hydrogen-bond acceptors (Lipinski definition) is 9. The van der Waals surface area contributed by atoms with Crippen molar-refractivity contribution in [2.45, 2.75) is 63.2 Å². The highest BCUT2D eigenvalue weighted by molar-refractivity contribution is 5.92. The van der Waals surface area contributed by atoms with Crippen molar-refractivity contribution in [1.82, 2.24) is 25.2 Å². The van der Waals surface area contributed by atoms with E-state index in [-0.39, 0.29) is 37.4 Å². The van der Waals surface area contributed by atoms with Gasteiger partial charge >= 0.3 is 11.9 Å². The number of nitrogens with zero attached hydrogens (tertiary/aromatic N) is 4. The van der Waals surface area contributed by atoms with Gasteiger partial charge in [0.15, 0.2) is 0 Å². The molecule has 3 fully saturated rings. The third-order valence-electron chi connectivity index (χ3n) is 8.60. The summed E-state index contributed by atoms with van der Waals surface area (Å²) in [4.78, 5) is 51.9. The molecule has 45 heavy (non-hydrogen) atoms. The van der Waals surface area contributed by atoms with E-state index in [1.807, 2.05) is 19.1 Å². The molecule has 3 aromatic rings. The third-order valence-corrected chi connectivity index (χ3v) is 8.60. The number of cyclic esters (lactones) is 1. The Morgan fingerprint density at radius 3 is 2.44 bits per heavy atom. The smallest absolute Gasteiger partial charge is 0.338 e. The molecule has 4 atom stereocenters.